The van der Waals surface area contributed by atoms with E-state index in [1.54, 1.807) is 37.4 Å². The highest BCUT2D eigenvalue weighted by atomic mass is 16.4. The predicted molar refractivity (Wildman–Crippen MR) is 88.6 cm³/mol. The van der Waals surface area contributed by atoms with Crippen LogP contribution < -0.4 is 5.32 Å². The molecule has 0 radical (unpaired) electrons. The molecular formula is C18H20N2O4. The first kappa shape index (κ1) is 16.3. The van der Waals surface area contributed by atoms with Gasteiger partial charge in [-0.1, -0.05) is 18.2 Å². The van der Waals surface area contributed by atoms with E-state index in [-0.39, 0.29) is 17.4 Å². The normalized spacial score (nSPS) is 17.8. The second-order valence-corrected chi connectivity index (χ2v) is 5.95. The first-order valence-electron chi connectivity index (χ1n) is 7.94. The van der Waals surface area contributed by atoms with Gasteiger partial charge < -0.3 is 14.8 Å². The van der Waals surface area contributed by atoms with Gasteiger partial charge in [-0.2, -0.15) is 0 Å². The van der Waals surface area contributed by atoms with Crippen LogP contribution in [0.2, 0.25) is 0 Å². The highest BCUT2D eigenvalue weighted by Gasteiger charge is 2.28. The van der Waals surface area contributed by atoms with Gasteiger partial charge in [0, 0.05) is 19.2 Å². The number of carbonyl (C=O) groups is 2. The van der Waals surface area contributed by atoms with Gasteiger partial charge in [0.15, 0.2) is 0 Å². The minimum Gasteiger partial charge on any atom is -0.478 e. The maximum atomic E-state index is 11.7. The van der Waals surface area contributed by atoms with Crippen LogP contribution in [0, 0.1) is 5.92 Å². The molecule has 0 saturated carbocycles. The zero-order valence-corrected chi connectivity index (χ0v) is 13.5. The van der Waals surface area contributed by atoms with Crippen LogP contribution in [0.25, 0.3) is 11.3 Å². The van der Waals surface area contributed by atoms with E-state index >= 15 is 0 Å². The number of carbonyl (C=O) groups excluding carboxylic acids is 1. The predicted octanol–water partition coefficient (Wildman–Crippen LogP) is 2.21. The summed E-state index contributed by atoms with van der Waals surface area (Å²) in [6, 6.07) is 10.4. The molecule has 2 aromatic rings. The lowest BCUT2D eigenvalue weighted by atomic mass is 10.1. The largest absolute Gasteiger partial charge is 0.478 e. The molecule has 3 rings (SSSR count). The Bertz CT molecular complexity index is 753. The van der Waals surface area contributed by atoms with E-state index in [2.05, 4.69) is 10.2 Å². The molecule has 1 aliphatic rings. The molecule has 1 aromatic heterocycles. The summed E-state index contributed by atoms with van der Waals surface area (Å²) in [5.41, 5.74) is 0.792. The van der Waals surface area contributed by atoms with Crippen molar-refractivity contribution in [3.63, 3.8) is 0 Å². The standard InChI is InChI=1S/C18H20N2O4/c1-19-17(21)12-8-9-20(10-12)11-13-6-7-16(24-13)14-4-2-3-5-15(14)18(22)23/h2-7,12H,8-11H2,1H3,(H,19,21)(H,22,23). The molecule has 0 aliphatic carbocycles. The SMILES string of the molecule is CNC(=O)C1CCN(Cc2ccc(-c3ccccc3C(=O)O)o2)C1. The van der Waals surface area contributed by atoms with Crippen molar-refractivity contribution in [1.82, 2.24) is 10.2 Å². The summed E-state index contributed by atoms with van der Waals surface area (Å²) in [5, 5.41) is 12.0. The van der Waals surface area contributed by atoms with Gasteiger partial charge in [-0.3, -0.25) is 9.69 Å². The second kappa shape index (κ2) is 6.88. The zero-order chi connectivity index (χ0) is 17.1. The minimum atomic E-state index is -0.975. The van der Waals surface area contributed by atoms with Crippen molar-refractivity contribution >= 4 is 11.9 Å². The summed E-state index contributed by atoms with van der Waals surface area (Å²) in [6.45, 7) is 2.17. The number of rotatable bonds is 5. The van der Waals surface area contributed by atoms with Crippen LogP contribution in [0.15, 0.2) is 40.8 Å². The minimum absolute atomic E-state index is 0.0252. The van der Waals surface area contributed by atoms with Crippen molar-refractivity contribution < 1.29 is 19.1 Å². The lowest BCUT2D eigenvalue weighted by Crippen LogP contribution is -2.29. The van der Waals surface area contributed by atoms with E-state index in [9.17, 15) is 14.7 Å². The average molecular weight is 328 g/mol. The lowest BCUT2D eigenvalue weighted by molar-refractivity contribution is -0.124. The maximum Gasteiger partial charge on any atom is 0.336 e. The molecule has 1 unspecified atom stereocenters. The molecule has 0 spiro atoms. The Balaban J connectivity index is 1.71. The third-order valence-corrected chi connectivity index (χ3v) is 4.35. The van der Waals surface area contributed by atoms with Crippen LogP contribution in [-0.2, 0) is 11.3 Å². The molecule has 1 saturated heterocycles. The lowest BCUT2D eigenvalue weighted by Gasteiger charge is -2.13. The average Bonchev–Trinajstić information content (AvgIpc) is 3.24. The monoisotopic (exact) mass is 328 g/mol. The van der Waals surface area contributed by atoms with Crippen LogP contribution in [0.3, 0.4) is 0 Å². The zero-order valence-electron chi connectivity index (χ0n) is 13.5. The van der Waals surface area contributed by atoms with Gasteiger partial charge in [0.25, 0.3) is 0 Å². The number of furan rings is 1. The summed E-state index contributed by atoms with van der Waals surface area (Å²) in [5.74, 6) is 0.439. The van der Waals surface area contributed by atoms with Crippen molar-refractivity contribution in [3.8, 4) is 11.3 Å². The van der Waals surface area contributed by atoms with Crippen LogP contribution >= 0.6 is 0 Å². The molecule has 1 fully saturated rings. The van der Waals surface area contributed by atoms with E-state index in [0.717, 1.165) is 18.7 Å². The number of aromatic carboxylic acids is 1. The van der Waals surface area contributed by atoms with Crippen molar-refractivity contribution in [2.45, 2.75) is 13.0 Å². The van der Waals surface area contributed by atoms with Gasteiger partial charge >= 0.3 is 5.97 Å². The van der Waals surface area contributed by atoms with E-state index < -0.39 is 5.97 Å². The van der Waals surface area contributed by atoms with Crippen LogP contribution in [0.1, 0.15) is 22.5 Å². The highest BCUT2D eigenvalue weighted by Crippen LogP contribution is 2.27. The molecule has 6 nitrogen and oxygen atoms in total. The first-order chi connectivity index (χ1) is 11.6. The molecule has 126 valence electrons. The Hall–Kier alpha value is -2.60. The molecule has 1 aliphatic heterocycles. The fourth-order valence-corrected chi connectivity index (χ4v) is 3.11. The third-order valence-electron chi connectivity index (χ3n) is 4.35. The van der Waals surface area contributed by atoms with E-state index in [4.69, 9.17) is 4.42 Å². The van der Waals surface area contributed by atoms with Gasteiger partial charge in [0.2, 0.25) is 5.91 Å². The van der Waals surface area contributed by atoms with Gasteiger partial charge in [0.1, 0.15) is 11.5 Å². The van der Waals surface area contributed by atoms with Crippen LogP contribution in [0.4, 0.5) is 0 Å². The summed E-state index contributed by atoms with van der Waals surface area (Å²) in [4.78, 5) is 25.2. The Kier molecular flexibility index (Phi) is 4.66. The number of nitrogens with one attached hydrogen (secondary N) is 1. The van der Waals surface area contributed by atoms with Crippen molar-refractivity contribution in [1.29, 1.82) is 0 Å². The van der Waals surface area contributed by atoms with Gasteiger partial charge in [-0.15, -0.1) is 0 Å². The Morgan fingerprint density at radius 3 is 2.83 bits per heavy atom. The molecule has 6 heteroatoms. The Morgan fingerprint density at radius 1 is 1.29 bits per heavy atom. The van der Waals surface area contributed by atoms with E-state index in [1.165, 1.54) is 0 Å². The van der Waals surface area contributed by atoms with Crippen molar-refractivity contribution in [2.24, 2.45) is 5.92 Å². The van der Waals surface area contributed by atoms with E-state index in [0.29, 0.717) is 24.4 Å². The summed E-state index contributed by atoms with van der Waals surface area (Å²) in [7, 11) is 1.66. The number of carboxylic acid groups (broad SMARTS) is 1. The summed E-state index contributed by atoms with van der Waals surface area (Å²) < 4.78 is 5.84. The topological polar surface area (TPSA) is 82.8 Å². The van der Waals surface area contributed by atoms with Crippen LogP contribution in [-0.4, -0.2) is 42.0 Å². The number of hydrogen-bond donors (Lipinski definition) is 2. The third kappa shape index (κ3) is 3.33. The quantitative estimate of drug-likeness (QED) is 0.879. The van der Waals surface area contributed by atoms with Crippen LogP contribution in [0.5, 0.6) is 0 Å². The molecule has 1 aromatic carbocycles. The Labute approximate surface area is 140 Å². The van der Waals surface area contributed by atoms with Crippen molar-refractivity contribution in [3.05, 3.63) is 47.7 Å². The van der Waals surface area contributed by atoms with E-state index in [1.807, 2.05) is 6.07 Å². The fraction of sp³-hybridized carbons (Fsp3) is 0.333. The number of nitrogens with zero attached hydrogens (tertiary/aromatic N) is 1. The molecule has 0 bridgehead atoms. The van der Waals surface area contributed by atoms with Gasteiger partial charge in [0.05, 0.1) is 18.0 Å². The van der Waals surface area contributed by atoms with Gasteiger partial charge in [-0.05, 0) is 31.2 Å². The molecule has 2 heterocycles. The number of likely N-dealkylation sites (tertiary alicyclic amines) is 1. The molecule has 1 atom stereocenters. The van der Waals surface area contributed by atoms with Gasteiger partial charge in [-0.25, -0.2) is 4.79 Å². The maximum absolute atomic E-state index is 11.7. The Morgan fingerprint density at radius 2 is 2.08 bits per heavy atom. The molecule has 1 amide bonds. The second-order valence-electron chi connectivity index (χ2n) is 5.95. The highest BCUT2D eigenvalue weighted by molar-refractivity contribution is 5.95. The molecule has 2 N–H and O–H groups in total. The molecule has 24 heavy (non-hydrogen) atoms. The number of amides is 1. The first-order valence-corrected chi connectivity index (χ1v) is 7.94. The summed E-state index contributed by atoms with van der Waals surface area (Å²) >= 11 is 0. The van der Waals surface area contributed by atoms with Crippen molar-refractivity contribution in [2.75, 3.05) is 20.1 Å². The fourth-order valence-electron chi connectivity index (χ4n) is 3.11. The number of benzene rings is 1. The molecular weight excluding hydrogens is 308 g/mol. The number of carboxylic acids is 1. The number of hydrogen-bond acceptors (Lipinski definition) is 4. The summed E-state index contributed by atoms with van der Waals surface area (Å²) in [6.07, 6.45) is 0.842. The smallest absolute Gasteiger partial charge is 0.336 e.